The first-order valence-electron chi connectivity index (χ1n) is 5.67. The van der Waals surface area contributed by atoms with Gasteiger partial charge in [0.2, 0.25) is 0 Å². The van der Waals surface area contributed by atoms with Crippen LogP contribution in [0.15, 0.2) is 36.7 Å². The van der Waals surface area contributed by atoms with Crippen molar-refractivity contribution in [3.05, 3.63) is 47.2 Å². The standard InChI is InChI=1S/C13H11N3O2S/c1-8-6-16-7-11(15-13(16)19-8)12(18)14-9-2-4-10(17)5-3-9/h2-7,17H,1H3,(H,14,18). The third-order valence-corrected chi connectivity index (χ3v) is 3.54. The van der Waals surface area contributed by atoms with E-state index in [0.717, 1.165) is 9.84 Å². The molecule has 3 rings (SSSR count). The molecule has 6 heteroatoms. The van der Waals surface area contributed by atoms with E-state index in [-0.39, 0.29) is 11.7 Å². The number of rotatable bonds is 2. The number of benzene rings is 1. The highest BCUT2D eigenvalue weighted by Gasteiger charge is 2.12. The van der Waals surface area contributed by atoms with Gasteiger partial charge in [-0.3, -0.25) is 9.20 Å². The van der Waals surface area contributed by atoms with Crippen LogP contribution in [0.2, 0.25) is 0 Å². The summed E-state index contributed by atoms with van der Waals surface area (Å²) in [6.45, 7) is 2.00. The number of hydrogen-bond donors (Lipinski definition) is 2. The molecule has 0 saturated carbocycles. The van der Waals surface area contributed by atoms with Crippen molar-refractivity contribution in [1.29, 1.82) is 0 Å². The molecule has 5 nitrogen and oxygen atoms in total. The molecule has 0 aliphatic carbocycles. The fraction of sp³-hybridized carbons (Fsp3) is 0.0769. The second-order valence-corrected chi connectivity index (χ2v) is 5.37. The van der Waals surface area contributed by atoms with Crippen LogP contribution in [0, 0.1) is 6.92 Å². The molecule has 0 bridgehead atoms. The fourth-order valence-corrected chi connectivity index (χ4v) is 2.57. The van der Waals surface area contributed by atoms with Gasteiger partial charge < -0.3 is 10.4 Å². The Bertz CT molecular complexity index is 711. The summed E-state index contributed by atoms with van der Waals surface area (Å²) in [5.74, 6) is -0.102. The highest BCUT2D eigenvalue weighted by Crippen LogP contribution is 2.18. The van der Waals surface area contributed by atoms with Crippen LogP contribution < -0.4 is 5.32 Å². The van der Waals surface area contributed by atoms with Crippen molar-refractivity contribution in [2.75, 3.05) is 5.32 Å². The summed E-state index contributed by atoms with van der Waals surface area (Å²) in [6, 6.07) is 6.31. The van der Waals surface area contributed by atoms with Gasteiger partial charge in [0.05, 0.1) is 0 Å². The zero-order chi connectivity index (χ0) is 13.4. The van der Waals surface area contributed by atoms with Crippen LogP contribution in [0.1, 0.15) is 15.4 Å². The number of amides is 1. The molecule has 96 valence electrons. The molecule has 1 amide bonds. The van der Waals surface area contributed by atoms with Crippen molar-refractivity contribution in [1.82, 2.24) is 9.38 Å². The first-order valence-corrected chi connectivity index (χ1v) is 6.49. The molecule has 0 spiro atoms. The van der Waals surface area contributed by atoms with Gasteiger partial charge in [-0.2, -0.15) is 0 Å². The average Bonchev–Trinajstić information content (AvgIpc) is 2.89. The van der Waals surface area contributed by atoms with Gasteiger partial charge in [-0.1, -0.05) is 0 Å². The van der Waals surface area contributed by atoms with Gasteiger partial charge in [0, 0.05) is 23.0 Å². The molecule has 0 aliphatic rings. The zero-order valence-electron chi connectivity index (χ0n) is 10.1. The van der Waals surface area contributed by atoms with E-state index < -0.39 is 0 Å². The van der Waals surface area contributed by atoms with Crippen molar-refractivity contribution >= 4 is 27.9 Å². The number of aromatic nitrogens is 2. The Balaban J connectivity index is 1.83. The fourth-order valence-electron chi connectivity index (χ4n) is 1.76. The van der Waals surface area contributed by atoms with Crippen LogP contribution in [0.3, 0.4) is 0 Å². The molecule has 3 aromatic rings. The molecule has 0 radical (unpaired) electrons. The van der Waals surface area contributed by atoms with Crippen molar-refractivity contribution in [3.8, 4) is 5.75 Å². The van der Waals surface area contributed by atoms with Gasteiger partial charge in [-0.05, 0) is 31.2 Å². The van der Waals surface area contributed by atoms with Crippen LogP contribution in [-0.4, -0.2) is 20.4 Å². The molecule has 0 fully saturated rings. The number of phenolic OH excluding ortho intramolecular Hbond substituents is 1. The van der Waals surface area contributed by atoms with E-state index in [1.54, 1.807) is 18.3 Å². The van der Waals surface area contributed by atoms with Crippen LogP contribution in [0.5, 0.6) is 5.75 Å². The predicted molar refractivity (Wildman–Crippen MR) is 73.9 cm³/mol. The van der Waals surface area contributed by atoms with Crippen LogP contribution in [0.25, 0.3) is 4.96 Å². The Morgan fingerprint density at radius 3 is 2.74 bits per heavy atom. The molecule has 0 aliphatic heterocycles. The third-order valence-electron chi connectivity index (χ3n) is 2.63. The van der Waals surface area contributed by atoms with Crippen LogP contribution in [-0.2, 0) is 0 Å². The SMILES string of the molecule is Cc1cn2cc(C(=O)Nc3ccc(O)cc3)nc2s1. The lowest BCUT2D eigenvalue weighted by molar-refractivity contribution is 0.102. The number of nitrogens with one attached hydrogen (secondary N) is 1. The number of hydrogen-bond acceptors (Lipinski definition) is 4. The molecule has 1 aromatic carbocycles. The summed E-state index contributed by atoms with van der Waals surface area (Å²) in [5.41, 5.74) is 0.995. The normalized spacial score (nSPS) is 10.8. The molecular weight excluding hydrogens is 262 g/mol. The molecule has 0 unspecified atom stereocenters. The maximum atomic E-state index is 12.0. The lowest BCUT2D eigenvalue weighted by Crippen LogP contribution is -2.12. The van der Waals surface area contributed by atoms with E-state index >= 15 is 0 Å². The van der Waals surface area contributed by atoms with Gasteiger partial charge in [-0.25, -0.2) is 4.98 Å². The first kappa shape index (κ1) is 11.7. The summed E-state index contributed by atoms with van der Waals surface area (Å²) >= 11 is 1.54. The van der Waals surface area contributed by atoms with E-state index in [0.29, 0.717) is 11.4 Å². The number of thiazole rings is 1. The number of nitrogens with zero attached hydrogens (tertiary/aromatic N) is 2. The van der Waals surface area contributed by atoms with E-state index in [9.17, 15) is 9.90 Å². The summed E-state index contributed by atoms with van der Waals surface area (Å²) in [7, 11) is 0. The third kappa shape index (κ3) is 2.30. The van der Waals surface area contributed by atoms with Crippen molar-refractivity contribution in [2.24, 2.45) is 0 Å². The number of aryl methyl sites for hydroxylation is 1. The van der Waals surface area contributed by atoms with E-state index in [1.165, 1.54) is 23.5 Å². The minimum Gasteiger partial charge on any atom is -0.508 e. The zero-order valence-corrected chi connectivity index (χ0v) is 10.9. The Morgan fingerprint density at radius 1 is 1.32 bits per heavy atom. The van der Waals surface area contributed by atoms with Gasteiger partial charge in [0.15, 0.2) is 4.96 Å². The quantitative estimate of drug-likeness (QED) is 0.705. The Labute approximate surface area is 113 Å². The molecule has 0 atom stereocenters. The molecule has 2 aromatic heterocycles. The number of aromatic hydroxyl groups is 1. The van der Waals surface area contributed by atoms with E-state index in [1.807, 2.05) is 17.5 Å². The van der Waals surface area contributed by atoms with E-state index in [4.69, 9.17) is 0 Å². The Kier molecular flexibility index (Phi) is 2.72. The number of fused-ring (bicyclic) bond motifs is 1. The van der Waals surface area contributed by atoms with Gasteiger partial charge in [-0.15, -0.1) is 11.3 Å². The van der Waals surface area contributed by atoms with Crippen molar-refractivity contribution < 1.29 is 9.90 Å². The second kappa shape index (κ2) is 4.40. The second-order valence-electron chi connectivity index (χ2n) is 4.16. The number of carbonyl (C=O) groups excluding carboxylic acids is 1. The number of carbonyl (C=O) groups is 1. The van der Waals surface area contributed by atoms with Crippen LogP contribution in [0.4, 0.5) is 5.69 Å². The van der Waals surface area contributed by atoms with Crippen molar-refractivity contribution in [2.45, 2.75) is 6.92 Å². The van der Waals surface area contributed by atoms with Crippen LogP contribution >= 0.6 is 11.3 Å². The van der Waals surface area contributed by atoms with E-state index in [2.05, 4.69) is 10.3 Å². The minimum absolute atomic E-state index is 0.163. The molecule has 19 heavy (non-hydrogen) atoms. The summed E-state index contributed by atoms with van der Waals surface area (Å²) in [6.07, 6.45) is 3.64. The minimum atomic E-state index is -0.265. The van der Waals surface area contributed by atoms with Crippen molar-refractivity contribution in [3.63, 3.8) is 0 Å². The summed E-state index contributed by atoms with van der Waals surface area (Å²) in [4.78, 5) is 18.2. The molecule has 2 heterocycles. The number of imidazole rings is 1. The summed E-state index contributed by atoms with van der Waals surface area (Å²) < 4.78 is 1.84. The van der Waals surface area contributed by atoms with Gasteiger partial charge in [0.1, 0.15) is 11.4 Å². The largest absolute Gasteiger partial charge is 0.508 e. The maximum Gasteiger partial charge on any atom is 0.275 e. The lowest BCUT2D eigenvalue weighted by Gasteiger charge is -2.02. The maximum absolute atomic E-state index is 12.0. The first-order chi connectivity index (χ1) is 9.11. The highest BCUT2D eigenvalue weighted by molar-refractivity contribution is 7.17. The molecule has 2 N–H and O–H groups in total. The topological polar surface area (TPSA) is 66.6 Å². The molecular formula is C13H11N3O2S. The number of anilines is 1. The lowest BCUT2D eigenvalue weighted by atomic mass is 10.3. The summed E-state index contributed by atoms with van der Waals surface area (Å²) in [5, 5.41) is 11.9. The Morgan fingerprint density at radius 2 is 2.05 bits per heavy atom. The predicted octanol–water partition coefficient (Wildman–Crippen LogP) is 2.66. The smallest absolute Gasteiger partial charge is 0.275 e. The molecule has 0 saturated heterocycles. The highest BCUT2D eigenvalue weighted by atomic mass is 32.1. The number of phenols is 1. The Hall–Kier alpha value is -2.34. The van der Waals surface area contributed by atoms with Gasteiger partial charge >= 0.3 is 0 Å². The monoisotopic (exact) mass is 273 g/mol. The van der Waals surface area contributed by atoms with Gasteiger partial charge in [0.25, 0.3) is 5.91 Å². The average molecular weight is 273 g/mol.